The first kappa shape index (κ1) is 13.7. The number of nitrogens with zero attached hydrogens (tertiary/aromatic N) is 3. The highest BCUT2D eigenvalue weighted by atomic mass is 35.5. The first-order chi connectivity index (χ1) is 9.70. The Morgan fingerprint density at radius 2 is 1.95 bits per heavy atom. The van der Waals surface area contributed by atoms with Crippen LogP contribution >= 0.6 is 34.8 Å². The van der Waals surface area contributed by atoms with Gasteiger partial charge in [-0.25, -0.2) is 4.98 Å². The third-order valence-electron chi connectivity index (χ3n) is 3.01. The van der Waals surface area contributed by atoms with E-state index in [2.05, 4.69) is 9.97 Å². The molecule has 0 spiro atoms. The van der Waals surface area contributed by atoms with Crippen molar-refractivity contribution >= 4 is 45.8 Å². The summed E-state index contributed by atoms with van der Waals surface area (Å²) in [5, 5.41) is 1.04. The van der Waals surface area contributed by atoms with Crippen LogP contribution in [0.3, 0.4) is 0 Å². The lowest BCUT2D eigenvalue weighted by atomic mass is 10.3. The van der Waals surface area contributed by atoms with Crippen LogP contribution in [0.1, 0.15) is 5.82 Å². The molecule has 20 heavy (non-hydrogen) atoms. The van der Waals surface area contributed by atoms with Crippen LogP contribution in [0.2, 0.25) is 10.0 Å². The van der Waals surface area contributed by atoms with Gasteiger partial charge >= 0.3 is 0 Å². The number of hydrogen-bond donors (Lipinski definition) is 0. The smallest absolute Gasteiger partial charge is 0.115 e. The molecule has 3 rings (SSSR count). The maximum absolute atomic E-state index is 6.11. The number of aromatic nitrogens is 3. The van der Waals surface area contributed by atoms with Gasteiger partial charge in [0.1, 0.15) is 11.3 Å². The Kier molecular flexibility index (Phi) is 3.83. The average Bonchev–Trinajstić information content (AvgIpc) is 2.80. The fourth-order valence-electron chi connectivity index (χ4n) is 2.15. The molecular weight excluding hydrogens is 317 g/mol. The van der Waals surface area contributed by atoms with E-state index < -0.39 is 0 Å². The molecule has 0 amide bonds. The van der Waals surface area contributed by atoms with Gasteiger partial charge in [-0.1, -0.05) is 23.2 Å². The number of hydrogen-bond acceptors (Lipinski definition) is 2. The first-order valence-electron chi connectivity index (χ1n) is 6.03. The predicted octanol–water partition coefficient (Wildman–Crippen LogP) is 4.51. The fourth-order valence-corrected chi connectivity index (χ4v) is 2.61. The lowest BCUT2D eigenvalue weighted by Gasteiger charge is -2.09. The van der Waals surface area contributed by atoms with Crippen molar-refractivity contribution in [3.8, 4) is 5.69 Å². The highest BCUT2D eigenvalue weighted by Gasteiger charge is 2.13. The Morgan fingerprint density at radius 1 is 1.10 bits per heavy atom. The van der Waals surface area contributed by atoms with Crippen LogP contribution in [0.5, 0.6) is 0 Å². The number of halogens is 3. The molecule has 0 aliphatic heterocycles. The minimum absolute atomic E-state index is 0.498. The van der Waals surface area contributed by atoms with Crippen molar-refractivity contribution < 1.29 is 0 Å². The summed E-state index contributed by atoms with van der Waals surface area (Å²) < 4.78 is 2.03. The van der Waals surface area contributed by atoms with Gasteiger partial charge in [0.05, 0.1) is 21.8 Å². The second kappa shape index (κ2) is 5.60. The van der Waals surface area contributed by atoms with Crippen LogP contribution in [0.15, 0.2) is 36.7 Å². The number of imidazole rings is 1. The van der Waals surface area contributed by atoms with Crippen LogP contribution < -0.4 is 0 Å². The molecular formula is C14H10Cl3N3. The number of aryl methyl sites for hydroxylation is 1. The molecule has 0 saturated carbocycles. The minimum Gasteiger partial charge on any atom is -0.296 e. The van der Waals surface area contributed by atoms with Crippen molar-refractivity contribution in [2.24, 2.45) is 0 Å². The molecule has 3 aromatic rings. The van der Waals surface area contributed by atoms with Gasteiger partial charge < -0.3 is 0 Å². The fraction of sp³-hybridized carbons (Fsp3) is 0.143. The monoisotopic (exact) mass is 325 g/mol. The van der Waals surface area contributed by atoms with E-state index in [0.717, 1.165) is 22.5 Å². The molecule has 0 saturated heterocycles. The molecule has 0 fully saturated rings. The Balaban J connectivity index is 2.26. The third-order valence-corrected chi connectivity index (χ3v) is 3.93. The van der Waals surface area contributed by atoms with Gasteiger partial charge in [0.2, 0.25) is 0 Å². The summed E-state index contributed by atoms with van der Waals surface area (Å²) in [5.41, 5.74) is 2.71. The summed E-state index contributed by atoms with van der Waals surface area (Å²) in [6.45, 7) is 0. The molecule has 0 N–H and O–H groups in total. The number of alkyl halides is 1. The summed E-state index contributed by atoms with van der Waals surface area (Å²) >= 11 is 17.9. The predicted molar refractivity (Wildman–Crippen MR) is 83.3 cm³/mol. The Labute approximate surface area is 131 Å². The summed E-state index contributed by atoms with van der Waals surface area (Å²) in [6, 6.07) is 7.43. The Bertz CT molecular complexity index is 767. The lowest BCUT2D eigenvalue weighted by molar-refractivity contribution is 0.912. The van der Waals surface area contributed by atoms with Crippen molar-refractivity contribution in [2.45, 2.75) is 6.42 Å². The van der Waals surface area contributed by atoms with Crippen molar-refractivity contribution in [1.29, 1.82) is 0 Å². The van der Waals surface area contributed by atoms with Crippen LogP contribution in [-0.4, -0.2) is 20.4 Å². The van der Waals surface area contributed by atoms with Gasteiger partial charge in [-0.2, -0.15) is 0 Å². The Morgan fingerprint density at radius 3 is 2.70 bits per heavy atom. The van der Waals surface area contributed by atoms with Crippen molar-refractivity contribution in [3.05, 3.63) is 52.5 Å². The number of fused-ring (bicyclic) bond motifs is 1. The quantitative estimate of drug-likeness (QED) is 0.663. The molecule has 0 unspecified atom stereocenters. The zero-order valence-corrected chi connectivity index (χ0v) is 12.6. The van der Waals surface area contributed by atoms with Crippen LogP contribution in [0.4, 0.5) is 0 Å². The summed E-state index contributed by atoms with van der Waals surface area (Å²) in [7, 11) is 0. The summed E-state index contributed by atoms with van der Waals surface area (Å²) in [5.74, 6) is 1.37. The molecule has 3 nitrogen and oxygen atoms in total. The van der Waals surface area contributed by atoms with Crippen LogP contribution in [-0.2, 0) is 6.42 Å². The molecule has 0 atom stereocenters. The zero-order valence-electron chi connectivity index (χ0n) is 10.4. The van der Waals surface area contributed by atoms with E-state index in [1.165, 1.54) is 0 Å². The molecule has 1 aromatic carbocycles. The molecule has 0 aliphatic rings. The van der Waals surface area contributed by atoms with E-state index in [1.807, 2.05) is 22.8 Å². The zero-order chi connectivity index (χ0) is 14.1. The van der Waals surface area contributed by atoms with Crippen molar-refractivity contribution in [2.75, 3.05) is 5.88 Å². The Hall–Kier alpha value is -1.29. The van der Waals surface area contributed by atoms with E-state index >= 15 is 0 Å². The van der Waals surface area contributed by atoms with Gasteiger partial charge in [0, 0.05) is 24.2 Å². The van der Waals surface area contributed by atoms with Gasteiger partial charge in [-0.3, -0.25) is 9.55 Å². The van der Waals surface area contributed by atoms with Crippen LogP contribution in [0.25, 0.3) is 16.7 Å². The largest absolute Gasteiger partial charge is 0.296 e. The topological polar surface area (TPSA) is 30.7 Å². The van der Waals surface area contributed by atoms with E-state index in [9.17, 15) is 0 Å². The molecule has 0 aliphatic carbocycles. The average molecular weight is 327 g/mol. The summed E-state index contributed by atoms with van der Waals surface area (Å²) in [4.78, 5) is 8.67. The molecule has 2 aromatic heterocycles. The standard InChI is InChI=1S/C14H10Cl3N3/c15-5-3-14-19-12-8-18-6-4-13(12)20(14)9-1-2-10(16)11(17)7-9/h1-2,4,6-8H,3,5H2. The minimum atomic E-state index is 0.498. The van der Waals surface area contributed by atoms with Gasteiger partial charge in [-0.15, -0.1) is 11.6 Å². The van der Waals surface area contributed by atoms with E-state index in [0.29, 0.717) is 22.3 Å². The van der Waals surface area contributed by atoms with Crippen LogP contribution in [0, 0.1) is 0 Å². The third kappa shape index (κ3) is 2.37. The second-order valence-electron chi connectivity index (χ2n) is 4.27. The second-order valence-corrected chi connectivity index (χ2v) is 5.46. The molecule has 0 bridgehead atoms. The number of benzene rings is 1. The van der Waals surface area contributed by atoms with E-state index in [-0.39, 0.29) is 0 Å². The SMILES string of the molecule is ClCCc1nc2cnccc2n1-c1ccc(Cl)c(Cl)c1. The summed E-state index contributed by atoms with van der Waals surface area (Å²) in [6.07, 6.45) is 4.14. The highest BCUT2D eigenvalue weighted by molar-refractivity contribution is 6.42. The van der Waals surface area contributed by atoms with Crippen molar-refractivity contribution in [3.63, 3.8) is 0 Å². The first-order valence-corrected chi connectivity index (χ1v) is 7.32. The molecule has 0 radical (unpaired) electrons. The normalized spacial score (nSPS) is 11.2. The van der Waals surface area contributed by atoms with E-state index in [4.69, 9.17) is 34.8 Å². The van der Waals surface area contributed by atoms with Crippen molar-refractivity contribution in [1.82, 2.24) is 14.5 Å². The highest BCUT2D eigenvalue weighted by Crippen LogP contribution is 2.27. The molecule has 6 heteroatoms. The van der Waals surface area contributed by atoms with Gasteiger partial charge in [0.15, 0.2) is 0 Å². The maximum Gasteiger partial charge on any atom is 0.115 e. The lowest BCUT2D eigenvalue weighted by Crippen LogP contribution is -2.02. The van der Waals surface area contributed by atoms with Gasteiger partial charge in [-0.05, 0) is 24.3 Å². The molecule has 2 heterocycles. The maximum atomic E-state index is 6.11. The van der Waals surface area contributed by atoms with Gasteiger partial charge in [0.25, 0.3) is 0 Å². The number of rotatable bonds is 3. The molecule has 102 valence electrons. The number of pyridine rings is 1. The van der Waals surface area contributed by atoms with E-state index in [1.54, 1.807) is 18.5 Å².